The number of carboxylic acid groups (broad SMARTS) is 1. The third kappa shape index (κ3) is 5.61. The molecule has 6 heteroatoms. The summed E-state index contributed by atoms with van der Waals surface area (Å²) in [7, 11) is 1.63. The monoisotopic (exact) mass is 405 g/mol. The summed E-state index contributed by atoms with van der Waals surface area (Å²) in [5.41, 5.74) is 2.81. The molecule has 3 aromatic rings. The zero-order valence-corrected chi connectivity index (χ0v) is 16.9. The lowest BCUT2D eigenvalue weighted by Crippen LogP contribution is -2.01. The molecule has 0 aliphatic carbocycles. The van der Waals surface area contributed by atoms with Crippen molar-refractivity contribution in [2.45, 2.75) is 13.5 Å². The average Bonchev–Trinajstić information content (AvgIpc) is 2.78. The molecule has 1 N–H and O–H groups in total. The largest absolute Gasteiger partial charge is 0.497 e. The van der Waals surface area contributed by atoms with Gasteiger partial charge in [-0.25, -0.2) is 4.79 Å². The Bertz CT molecular complexity index is 1010. The van der Waals surface area contributed by atoms with E-state index in [1.807, 2.05) is 49.4 Å². The van der Waals surface area contributed by atoms with E-state index in [9.17, 15) is 4.79 Å². The first-order valence-corrected chi connectivity index (χ1v) is 9.49. The number of methoxy groups -OCH3 is 1. The van der Waals surface area contributed by atoms with Gasteiger partial charge in [0.2, 0.25) is 0 Å². The minimum Gasteiger partial charge on any atom is -0.497 e. The van der Waals surface area contributed by atoms with Gasteiger partial charge in [0.25, 0.3) is 0 Å². The normalized spacial score (nSPS) is 10.7. The van der Waals surface area contributed by atoms with Crippen LogP contribution < -0.4 is 14.2 Å². The fourth-order valence-electron chi connectivity index (χ4n) is 2.71. The molecule has 0 radical (unpaired) electrons. The molecule has 0 fully saturated rings. The number of benzene rings is 3. The van der Waals surface area contributed by atoms with Crippen LogP contribution in [0.5, 0.6) is 17.2 Å². The van der Waals surface area contributed by atoms with Crippen molar-refractivity contribution in [1.82, 2.24) is 0 Å². The number of carbonyl (C=O) groups is 1. The Hall–Kier alpha value is -3.80. The molecule has 0 atom stereocenters. The van der Waals surface area contributed by atoms with Crippen LogP contribution in [-0.2, 0) is 6.61 Å². The van der Waals surface area contributed by atoms with Gasteiger partial charge in [0.15, 0.2) is 11.5 Å². The standard InChI is InChI=1S/C24H23NO5/c1-3-29-23-14-18(15-25-20-9-11-21(28-2)12-10-20)6-13-22(23)30-16-17-4-7-19(8-5-17)24(26)27/h4-15H,3,16H2,1-2H3,(H,26,27). The SMILES string of the molecule is CCOc1cc(C=Nc2ccc(OC)cc2)ccc1OCc1ccc(C(=O)O)cc1. The van der Waals surface area contributed by atoms with Gasteiger partial charge >= 0.3 is 5.97 Å². The Morgan fingerprint density at radius 3 is 2.33 bits per heavy atom. The van der Waals surface area contributed by atoms with E-state index < -0.39 is 5.97 Å². The molecule has 0 spiro atoms. The van der Waals surface area contributed by atoms with Crippen molar-refractivity contribution in [2.75, 3.05) is 13.7 Å². The number of carboxylic acids is 1. The van der Waals surface area contributed by atoms with Gasteiger partial charge in [0.1, 0.15) is 12.4 Å². The Balaban J connectivity index is 1.70. The second-order valence-corrected chi connectivity index (χ2v) is 6.39. The molecule has 3 aromatic carbocycles. The molecular weight excluding hydrogens is 382 g/mol. The molecule has 0 aliphatic heterocycles. The number of rotatable bonds is 9. The maximum atomic E-state index is 10.9. The molecule has 0 saturated heterocycles. The van der Waals surface area contributed by atoms with Gasteiger partial charge in [-0.2, -0.15) is 0 Å². The smallest absolute Gasteiger partial charge is 0.335 e. The summed E-state index contributed by atoms with van der Waals surface area (Å²) in [4.78, 5) is 15.4. The van der Waals surface area contributed by atoms with Crippen LogP contribution in [0.15, 0.2) is 71.7 Å². The van der Waals surface area contributed by atoms with Crippen molar-refractivity contribution in [3.05, 3.63) is 83.4 Å². The molecule has 30 heavy (non-hydrogen) atoms. The fraction of sp³-hybridized carbons (Fsp3) is 0.167. The van der Waals surface area contributed by atoms with Crippen molar-refractivity contribution in [3.8, 4) is 17.2 Å². The van der Waals surface area contributed by atoms with E-state index in [4.69, 9.17) is 19.3 Å². The fourth-order valence-corrected chi connectivity index (χ4v) is 2.71. The van der Waals surface area contributed by atoms with Crippen LogP contribution in [0.1, 0.15) is 28.4 Å². The molecule has 6 nitrogen and oxygen atoms in total. The Morgan fingerprint density at radius 1 is 0.967 bits per heavy atom. The molecule has 154 valence electrons. The third-order valence-corrected chi connectivity index (χ3v) is 4.30. The molecule has 0 unspecified atom stereocenters. The second kappa shape index (κ2) is 10.1. The Kier molecular flexibility index (Phi) is 7.05. The van der Waals surface area contributed by atoms with E-state index in [1.54, 1.807) is 37.6 Å². The third-order valence-electron chi connectivity index (χ3n) is 4.30. The number of aliphatic imine (C=N–C) groups is 1. The van der Waals surface area contributed by atoms with Gasteiger partial charge in [-0.05, 0) is 72.6 Å². The highest BCUT2D eigenvalue weighted by Crippen LogP contribution is 2.29. The zero-order valence-electron chi connectivity index (χ0n) is 16.9. The number of ether oxygens (including phenoxy) is 3. The highest BCUT2D eigenvalue weighted by Gasteiger charge is 2.07. The summed E-state index contributed by atoms with van der Waals surface area (Å²) in [6.07, 6.45) is 1.76. The van der Waals surface area contributed by atoms with E-state index >= 15 is 0 Å². The van der Waals surface area contributed by atoms with E-state index in [0.717, 1.165) is 22.6 Å². The first-order chi connectivity index (χ1) is 14.6. The van der Waals surface area contributed by atoms with Gasteiger partial charge in [-0.3, -0.25) is 4.99 Å². The van der Waals surface area contributed by atoms with Crippen molar-refractivity contribution in [3.63, 3.8) is 0 Å². The van der Waals surface area contributed by atoms with Gasteiger partial charge < -0.3 is 19.3 Å². The van der Waals surface area contributed by atoms with Crippen molar-refractivity contribution in [2.24, 2.45) is 4.99 Å². The predicted molar refractivity (Wildman–Crippen MR) is 116 cm³/mol. The minimum atomic E-state index is -0.951. The van der Waals surface area contributed by atoms with E-state index in [1.165, 1.54) is 0 Å². The van der Waals surface area contributed by atoms with E-state index in [2.05, 4.69) is 4.99 Å². The molecular formula is C24H23NO5. The lowest BCUT2D eigenvalue weighted by Gasteiger charge is -2.13. The summed E-state index contributed by atoms with van der Waals surface area (Å²) in [5, 5.41) is 8.98. The van der Waals surface area contributed by atoms with Crippen LogP contribution in [0.2, 0.25) is 0 Å². The van der Waals surface area contributed by atoms with E-state index in [-0.39, 0.29) is 5.56 Å². The molecule has 0 saturated carbocycles. The van der Waals surface area contributed by atoms with Crippen LogP contribution in [-0.4, -0.2) is 31.0 Å². The first-order valence-electron chi connectivity index (χ1n) is 9.49. The van der Waals surface area contributed by atoms with Crippen LogP contribution in [0, 0.1) is 0 Å². The average molecular weight is 405 g/mol. The number of nitrogens with zero attached hydrogens (tertiary/aromatic N) is 1. The van der Waals surface area contributed by atoms with Crippen molar-refractivity contribution in [1.29, 1.82) is 0 Å². The summed E-state index contributed by atoms with van der Waals surface area (Å²) in [6.45, 7) is 2.72. The first kappa shape index (κ1) is 20.9. The maximum absolute atomic E-state index is 10.9. The van der Waals surface area contributed by atoms with Gasteiger partial charge in [0, 0.05) is 6.21 Å². The number of aromatic carboxylic acids is 1. The summed E-state index contributed by atoms with van der Waals surface area (Å²) < 4.78 is 16.8. The van der Waals surface area contributed by atoms with Gasteiger partial charge in [-0.15, -0.1) is 0 Å². The van der Waals surface area contributed by atoms with Gasteiger partial charge in [-0.1, -0.05) is 12.1 Å². The van der Waals surface area contributed by atoms with Crippen LogP contribution >= 0.6 is 0 Å². The minimum absolute atomic E-state index is 0.245. The summed E-state index contributed by atoms with van der Waals surface area (Å²) in [6, 6.07) is 19.7. The quantitative estimate of drug-likeness (QED) is 0.500. The van der Waals surface area contributed by atoms with Crippen molar-refractivity contribution >= 4 is 17.9 Å². The van der Waals surface area contributed by atoms with E-state index in [0.29, 0.717) is 24.7 Å². The number of hydrogen-bond acceptors (Lipinski definition) is 5. The number of hydrogen-bond donors (Lipinski definition) is 1. The molecule has 0 amide bonds. The highest BCUT2D eigenvalue weighted by molar-refractivity contribution is 5.87. The molecule has 3 rings (SSSR count). The van der Waals surface area contributed by atoms with Crippen LogP contribution in [0.4, 0.5) is 5.69 Å². The second-order valence-electron chi connectivity index (χ2n) is 6.39. The topological polar surface area (TPSA) is 77.3 Å². The molecule has 0 aliphatic rings. The lowest BCUT2D eigenvalue weighted by molar-refractivity contribution is 0.0697. The van der Waals surface area contributed by atoms with Crippen molar-refractivity contribution < 1.29 is 24.1 Å². The van der Waals surface area contributed by atoms with Crippen LogP contribution in [0.25, 0.3) is 0 Å². The van der Waals surface area contributed by atoms with Crippen LogP contribution in [0.3, 0.4) is 0 Å². The lowest BCUT2D eigenvalue weighted by atomic mass is 10.1. The Morgan fingerprint density at radius 2 is 1.70 bits per heavy atom. The molecule has 0 aromatic heterocycles. The zero-order chi connectivity index (χ0) is 21.3. The summed E-state index contributed by atoms with van der Waals surface area (Å²) >= 11 is 0. The molecule has 0 heterocycles. The molecule has 0 bridgehead atoms. The predicted octanol–water partition coefficient (Wildman–Crippen LogP) is 5.12. The summed E-state index contributed by atoms with van der Waals surface area (Å²) in [5.74, 6) is 1.07. The maximum Gasteiger partial charge on any atom is 0.335 e. The Labute approximate surface area is 175 Å². The van der Waals surface area contributed by atoms with Gasteiger partial charge in [0.05, 0.1) is 25.0 Å². The highest BCUT2D eigenvalue weighted by atomic mass is 16.5.